The Kier molecular flexibility index (Phi) is 3.66. The van der Waals surface area contributed by atoms with Gasteiger partial charge in [0.25, 0.3) is 5.89 Å². The molecule has 2 aromatic heterocycles. The van der Waals surface area contributed by atoms with Crippen molar-refractivity contribution in [3.8, 4) is 10.8 Å². The van der Waals surface area contributed by atoms with Crippen molar-refractivity contribution in [2.75, 3.05) is 6.54 Å². The maximum Gasteiger partial charge on any atom is 0.268 e. The van der Waals surface area contributed by atoms with E-state index in [1.807, 2.05) is 6.92 Å². The first-order valence-electron chi connectivity index (χ1n) is 6.93. The van der Waals surface area contributed by atoms with E-state index in [1.165, 1.54) is 42.5 Å². The minimum Gasteiger partial charge on any atom is -0.333 e. The molecule has 102 valence electrons. The highest BCUT2D eigenvalue weighted by Crippen LogP contribution is 2.34. The van der Waals surface area contributed by atoms with Crippen LogP contribution in [0.4, 0.5) is 0 Å². The number of aromatic nitrogens is 2. The number of rotatable bonds is 3. The van der Waals surface area contributed by atoms with Gasteiger partial charge in [0.2, 0.25) is 0 Å². The third kappa shape index (κ3) is 2.58. The summed E-state index contributed by atoms with van der Waals surface area (Å²) in [5.74, 6) is 1.50. The van der Waals surface area contributed by atoms with E-state index in [0.717, 1.165) is 4.88 Å². The van der Waals surface area contributed by atoms with Crippen LogP contribution in [0.15, 0.2) is 10.6 Å². The lowest BCUT2D eigenvalue weighted by Crippen LogP contribution is -2.10. The van der Waals surface area contributed by atoms with Gasteiger partial charge in [-0.1, -0.05) is 18.5 Å². The summed E-state index contributed by atoms with van der Waals surface area (Å²) < 4.78 is 5.38. The van der Waals surface area contributed by atoms with Crippen LogP contribution in [0, 0.1) is 0 Å². The smallest absolute Gasteiger partial charge is 0.268 e. The fraction of sp³-hybridized carbons (Fsp3) is 0.571. The van der Waals surface area contributed by atoms with Crippen molar-refractivity contribution in [2.24, 2.45) is 5.73 Å². The number of nitrogens with two attached hydrogens (primary N) is 1. The van der Waals surface area contributed by atoms with Gasteiger partial charge in [0.1, 0.15) is 0 Å². The molecule has 0 spiro atoms. The van der Waals surface area contributed by atoms with E-state index < -0.39 is 0 Å². The third-order valence-corrected chi connectivity index (χ3v) is 4.92. The van der Waals surface area contributed by atoms with Crippen molar-refractivity contribution in [2.45, 2.75) is 44.9 Å². The molecule has 19 heavy (non-hydrogen) atoms. The van der Waals surface area contributed by atoms with Crippen LogP contribution in [0.2, 0.25) is 0 Å². The van der Waals surface area contributed by atoms with Gasteiger partial charge in [-0.25, -0.2) is 0 Å². The molecule has 3 rings (SSSR count). The lowest BCUT2D eigenvalue weighted by atomic mass is 10.1. The van der Waals surface area contributed by atoms with Gasteiger partial charge in [0.15, 0.2) is 5.82 Å². The summed E-state index contributed by atoms with van der Waals surface area (Å²) in [6.07, 6.45) is 6.32. The van der Waals surface area contributed by atoms with Crippen molar-refractivity contribution < 1.29 is 4.52 Å². The van der Waals surface area contributed by atoms with Crippen LogP contribution >= 0.6 is 11.3 Å². The van der Waals surface area contributed by atoms with Gasteiger partial charge in [-0.2, -0.15) is 4.98 Å². The Bertz CT molecular complexity index is 537. The summed E-state index contributed by atoms with van der Waals surface area (Å²) in [5.41, 5.74) is 7.11. The Morgan fingerprint density at radius 3 is 3.05 bits per heavy atom. The van der Waals surface area contributed by atoms with Crippen LogP contribution in [0.1, 0.15) is 48.4 Å². The largest absolute Gasteiger partial charge is 0.333 e. The molecule has 1 aliphatic rings. The van der Waals surface area contributed by atoms with Crippen molar-refractivity contribution in [3.63, 3.8) is 0 Å². The van der Waals surface area contributed by atoms with E-state index in [1.54, 1.807) is 11.3 Å². The zero-order chi connectivity index (χ0) is 13.2. The molecule has 1 unspecified atom stereocenters. The van der Waals surface area contributed by atoms with E-state index in [9.17, 15) is 0 Å². The number of nitrogens with zero attached hydrogens (tertiary/aromatic N) is 2. The Labute approximate surface area is 117 Å². The summed E-state index contributed by atoms with van der Waals surface area (Å²) in [7, 11) is 0. The predicted octanol–water partition coefficient (Wildman–Crippen LogP) is 3.13. The van der Waals surface area contributed by atoms with Crippen LogP contribution in [-0.2, 0) is 12.8 Å². The third-order valence-electron chi connectivity index (χ3n) is 3.69. The molecule has 0 aliphatic heterocycles. The molecule has 0 amide bonds. The van der Waals surface area contributed by atoms with Crippen LogP contribution in [0.25, 0.3) is 10.8 Å². The number of fused-ring (bicyclic) bond motifs is 1. The first-order valence-corrected chi connectivity index (χ1v) is 7.75. The Hall–Kier alpha value is -1.20. The molecule has 0 aromatic carbocycles. The Balaban J connectivity index is 1.88. The first kappa shape index (κ1) is 12.8. The average Bonchev–Trinajstić information content (AvgIpc) is 3.01. The Morgan fingerprint density at radius 2 is 2.21 bits per heavy atom. The molecule has 2 aromatic rings. The van der Waals surface area contributed by atoms with E-state index >= 15 is 0 Å². The predicted molar refractivity (Wildman–Crippen MR) is 76.3 cm³/mol. The first-order chi connectivity index (χ1) is 9.28. The maximum atomic E-state index is 5.63. The molecule has 2 N–H and O–H groups in total. The quantitative estimate of drug-likeness (QED) is 0.875. The van der Waals surface area contributed by atoms with Crippen molar-refractivity contribution in [3.05, 3.63) is 22.3 Å². The fourth-order valence-electron chi connectivity index (χ4n) is 2.41. The van der Waals surface area contributed by atoms with Crippen molar-refractivity contribution in [1.82, 2.24) is 10.1 Å². The van der Waals surface area contributed by atoms with Crippen molar-refractivity contribution in [1.29, 1.82) is 0 Å². The standard InChI is InChI=1S/C14H19N3OS/c1-9(8-15)13-16-14(18-17-13)12-7-10-5-3-2-4-6-11(10)19-12/h7,9H,2-6,8,15H2,1H3. The summed E-state index contributed by atoms with van der Waals surface area (Å²) >= 11 is 1.81. The fourth-order valence-corrected chi connectivity index (χ4v) is 3.59. The second kappa shape index (κ2) is 5.43. The highest BCUT2D eigenvalue weighted by atomic mass is 32.1. The SMILES string of the molecule is CC(CN)c1noc(-c2cc3c(s2)CCCCC3)n1. The zero-order valence-corrected chi connectivity index (χ0v) is 12.0. The van der Waals surface area contributed by atoms with Crippen LogP contribution in [0.5, 0.6) is 0 Å². The molecular weight excluding hydrogens is 258 g/mol. The molecule has 5 heteroatoms. The van der Waals surface area contributed by atoms with Crippen LogP contribution in [-0.4, -0.2) is 16.7 Å². The monoisotopic (exact) mass is 277 g/mol. The van der Waals surface area contributed by atoms with Gasteiger partial charge in [0.05, 0.1) is 4.88 Å². The highest BCUT2D eigenvalue weighted by Gasteiger charge is 2.18. The van der Waals surface area contributed by atoms with Gasteiger partial charge in [-0.05, 0) is 37.3 Å². The van der Waals surface area contributed by atoms with Crippen molar-refractivity contribution >= 4 is 11.3 Å². The highest BCUT2D eigenvalue weighted by molar-refractivity contribution is 7.15. The van der Waals surface area contributed by atoms with Crippen LogP contribution < -0.4 is 5.73 Å². The molecule has 0 bridgehead atoms. The molecular formula is C14H19N3OS. The molecule has 1 atom stereocenters. The van der Waals surface area contributed by atoms with E-state index in [2.05, 4.69) is 16.2 Å². The van der Waals surface area contributed by atoms with E-state index in [-0.39, 0.29) is 5.92 Å². The van der Waals surface area contributed by atoms with Crippen LogP contribution in [0.3, 0.4) is 0 Å². The minimum absolute atomic E-state index is 0.148. The van der Waals surface area contributed by atoms with Gasteiger partial charge in [-0.15, -0.1) is 11.3 Å². The topological polar surface area (TPSA) is 64.9 Å². The molecule has 0 radical (unpaired) electrons. The number of hydrogen-bond acceptors (Lipinski definition) is 5. The summed E-state index contributed by atoms with van der Waals surface area (Å²) in [4.78, 5) is 7.08. The molecule has 2 heterocycles. The number of hydrogen-bond donors (Lipinski definition) is 1. The molecule has 1 aliphatic carbocycles. The van der Waals surface area contributed by atoms with E-state index in [0.29, 0.717) is 18.3 Å². The number of thiophene rings is 1. The summed E-state index contributed by atoms with van der Waals surface area (Å²) in [5, 5.41) is 4.03. The van der Waals surface area contributed by atoms with Gasteiger partial charge < -0.3 is 10.3 Å². The Morgan fingerprint density at radius 1 is 1.37 bits per heavy atom. The normalized spacial score (nSPS) is 16.9. The molecule has 4 nitrogen and oxygen atoms in total. The van der Waals surface area contributed by atoms with Gasteiger partial charge in [-0.3, -0.25) is 0 Å². The number of aryl methyl sites for hydroxylation is 2. The zero-order valence-electron chi connectivity index (χ0n) is 11.2. The second-order valence-electron chi connectivity index (χ2n) is 5.21. The second-order valence-corrected chi connectivity index (χ2v) is 6.35. The minimum atomic E-state index is 0.148. The average molecular weight is 277 g/mol. The maximum absolute atomic E-state index is 5.63. The molecule has 0 saturated carbocycles. The molecule has 0 saturated heterocycles. The van der Waals surface area contributed by atoms with Gasteiger partial charge in [0, 0.05) is 17.3 Å². The lowest BCUT2D eigenvalue weighted by molar-refractivity contribution is 0.418. The van der Waals surface area contributed by atoms with E-state index in [4.69, 9.17) is 10.3 Å². The summed E-state index contributed by atoms with van der Waals surface area (Å²) in [6, 6.07) is 2.23. The molecule has 0 fully saturated rings. The lowest BCUT2D eigenvalue weighted by Gasteiger charge is -1.98. The van der Waals surface area contributed by atoms with Gasteiger partial charge >= 0.3 is 0 Å². The summed E-state index contributed by atoms with van der Waals surface area (Å²) in [6.45, 7) is 2.55.